The average molecular weight is 249 g/mol. The van der Waals surface area contributed by atoms with E-state index in [2.05, 4.69) is 29.3 Å². The lowest BCUT2D eigenvalue weighted by molar-refractivity contribution is 0.391. The first kappa shape index (κ1) is 11.9. The molecule has 0 saturated heterocycles. The van der Waals surface area contributed by atoms with E-state index in [1.165, 1.54) is 18.2 Å². The van der Waals surface area contributed by atoms with E-state index >= 15 is 0 Å². The van der Waals surface area contributed by atoms with Crippen LogP contribution >= 0.6 is 11.6 Å². The van der Waals surface area contributed by atoms with Gasteiger partial charge in [-0.15, -0.1) is 5.10 Å². The van der Waals surface area contributed by atoms with Crippen LogP contribution in [0.25, 0.3) is 0 Å². The van der Waals surface area contributed by atoms with Crippen molar-refractivity contribution in [3.63, 3.8) is 0 Å². The fraction of sp³-hybridized carbons (Fsp3) is 0.231. The molecular weight excluding hydrogens is 236 g/mol. The van der Waals surface area contributed by atoms with Gasteiger partial charge in [0.15, 0.2) is 0 Å². The van der Waals surface area contributed by atoms with Crippen molar-refractivity contribution in [2.24, 2.45) is 0 Å². The third-order valence-corrected chi connectivity index (χ3v) is 2.86. The van der Waals surface area contributed by atoms with Crippen LogP contribution < -0.4 is 4.74 Å². The topological polar surface area (TPSA) is 35.0 Å². The minimum Gasteiger partial charge on any atom is -0.479 e. The molecule has 2 aromatic rings. The summed E-state index contributed by atoms with van der Waals surface area (Å²) in [7, 11) is 1.52. The summed E-state index contributed by atoms with van der Waals surface area (Å²) in [4.78, 5) is 0. The highest BCUT2D eigenvalue weighted by Crippen LogP contribution is 2.22. The number of hydrogen-bond donors (Lipinski definition) is 0. The molecule has 0 unspecified atom stereocenters. The molecule has 0 amide bonds. The molecule has 0 bridgehead atoms. The van der Waals surface area contributed by atoms with E-state index in [1.54, 1.807) is 6.07 Å². The van der Waals surface area contributed by atoms with E-state index in [0.29, 0.717) is 10.9 Å². The standard InChI is InChI=1S/C13H13ClN2O/c1-9-5-3-4-6-10(9)7-11-8-12(14)13(17-2)16-15-11/h3-6,8H,7H2,1-2H3. The quantitative estimate of drug-likeness (QED) is 0.838. The highest BCUT2D eigenvalue weighted by Gasteiger charge is 2.06. The van der Waals surface area contributed by atoms with Crippen molar-refractivity contribution in [2.45, 2.75) is 13.3 Å². The summed E-state index contributed by atoms with van der Waals surface area (Å²) in [5.74, 6) is 0.361. The van der Waals surface area contributed by atoms with Crippen LogP contribution in [0.1, 0.15) is 16.8 Å². The van der Waals surface area contributed by atoms with Crippen molar-refractivity contribution in [1.82, 2.24) is 10.2 Å². The van der Waals surface area contributed by atoms with Crippen molar-refractivity contribution < 1.29 is 4.74 Å². The lowest BCUT2D eigenvalue weighted by Gasteiger charge is -2.06. The number of methoxy groups -OCH3 is 1. The van der Waals surface area contributed by atoms with Crippen LogP contribution in [-0.4, -0.2) is 17.3 Å². The second kappa shape index (κ2) is 5.15. The molecule has 0 aliphatic heterocycles. The summed E-state index contributed by atoms with van der Waals surface area (Å²) in [6.45, 7) is 2.08. The average Bonchev–Trinajstić information content (AvgIpc) is 2.32. The molecule has 0 N–H and O–H groups in total. The molecule has 0 spiro atoms. The molecule has 88 valence electrons. The largest absolute Gasteiger partial charge is 0.479 e. The highest BCUT2D eigenvalue weighted by molar-refractivity contribution is 6.31. The summed E-state index contributed by atoms with van der Waals surface area (Å²) >= 11 is 6.01. The Morgan fingerprint density at radius 1 is 1.24 bits per heavy atom. The molecule has 17 heavy (non-hydrogen) atoms. The van der Waals surface area contributed by atoms with Crippen LogP contribution in [0.2, 0.25) is 5.02 Å². The summed E-state index contributed by atoms with van der Waals surface area (Å²) in [5, 5.41) is 8.50. The number of nitrogens with zero attached hydrogens (tertiary/aromatic N) is 2. The summed E-state index contributed by atoms with van der Waals surface area (Å²) in [6.07, 6.45) is 0.726. The smallest absolute Gasteiger partial charge is 0.252 e. The van der Waals surface area contributed by atoms with E-state index in [-0.39, 0.29) is 0 Å². The zero-order valence-corrected chi connectivity index (χ0v) is 10.5. The van der Waals surface area contributed by atoms with Crippen molar-refractivity contribution >= 4 is 11.6 Å². The summed E-state index contributed by atoms with van der Waals surface area (Å²) in [6, 6.07) is 9.98. The van der Waals surface area contributed by atoms with Gasteiger partial charge in [0.2, 0.25) is 0 Å². The normalized spacial score (nSPS) is 10.3. The molecule has 0 fully saturated rings. The van der Waals surface area contributed by atoms with Gasteiger partial charge in [-0.2, -0.15) is 5.10 Å². The van der Waals surface area contributed by atoms with Crippen LogP contribution in [-0.2, 0) is 6.42 Å². The number of rotatable bonds is 3. The van der Waals surface area contributed by atoms with E-state index in [4.69, 9.17) is 16.3 Å². The monoisotopic (exact) mass is 248 g/mol. The number of aromatic nitrogens is 2. The lowest BCUT2D eigenvalue weighted by atomic mass is 10.0. The fourth-order valence-electron chi connectivity index (χ4n) is 1.62. The third kappa shape index (κ3) is 2.74. The zero-order chi connectivity index (χ0) is 12.3. The summed E-state index contributed by atoms with van der Waals surface area (Å²) in [5.41, 5.74) is 3.30. The Morgan fingerprint density at radius 2 is 2.00 bits per heavy atom. The van der Waals surface area contributed by atoms with Gasteiger partial charge in [-0.3, -0.25) is 0 Å². The predicted octanol–water partition coefficient (Wildman–Crippen LogP) is 3.04. The van der Waals surface area contributed by atoms with E-state index in [1.807, 2.05) is 12.1 Å². The Labute approximate surface area is 105 Å². The van der Waals surface area contributed by atoms with Gasteiger partial charge in [0.1, 0.15) is 5.02 Å². The molecule has 1 aromatic heterocycles. The molecule has 1 heterocycles. The zero-order valence-electron chi connectivity index (χ0n) is 9.77. The first-order valence-corrected chi connectivity index (χ1v) is 5.69. The number of benzene rings is 1. The minimum absolute atomic E-state index is 0.361. The lowest BCUT2D eigenvalue weighted by Crippen LogP contribution is -1.99. The van der Waals surface area contributed by atoms with E-state index in [0.717, 1.165) is 12.1 Å². The SMILES string of the molecule is COc1nnc(Cc2ccccc2C)cc1Cl. The molecule has 0 atom stereocenters. The molecule has 0 aliphatic rings. The van der Waals surface area contributed by atoms with Gasteiger partial charge in [-0.25, -0.2) is 0 Å². The number of hydrogen-bond acceptors (Lipinski definition) is 3. The Bertz CT molecular complexity index is 529. The maximum atomic E-state index is 6.01. The Hall–Kier alpha value is -1.61. The highest BCUT2D eigenvalue weighted by atomic mass is 35.5. The Balaban J connectivity index is 2.25. The van der Waals surface area contributed by atoms with Crippen molar-refractivity contribution in [3.8, 4) is 5.88 Å². The van der Waals surface area contributed by atoms with E-state index < -0.39 is 0 Å². The predicted molar refractivity (Wildman–Crippen MR) is 67.6 cm³/mol. The molecule has 2 rings (SSSR count). The molecule has 0 radical (unpaired) electrons. The van der Waals surface area contributed by atoms with E-state index in [9.17, 15) is 0 Å². The van der Waals surface area contributed by atoms with Gasteiger partial charge < -0.3 is 4.74 Å². The van der Waals surface area contributed by atoms with Crippen molar-refractivity contribution in [3.05, 3.63) is 52.2 Å². The molecular formula is C13H13ClN2O. The van der Waals surface area contributed by atoms with Gasteiger partial charge in [0, 0.05) is 6.42 Å². The van der Waals surface area contributed by atoms with Gasteiger partial charge in [0.25, 0.3) is 5.88 Å². The van der Waals surface area contributed by atoms with Gasteiger partial charge in [0.05, 0.1) is 12.8 Å². The van der Waals surface area contributed by atoms with Gasteiger partial charge in [-0.05, 0) is 24.1 Å². The molecule has 1 aromatic carbocycles. The first-order chi connectivity index (χ1) is 8.20. The van der Waals surface area contributed by atoms with Crippen LogP contribution in [0.4, 0.5) is 0 Å². The van der Waals surface area contributed by atoms with Crippen LogP contribution in [0, 0.1) is 6.92 Å². The van der Waals surface area contributed by atoms with Gasteiger partial charge >= 0.3 is 0 Å². The van der Waals surface area contributed by atoms with Gasteiger partial charge in [-0.1, -0.05) is 35.9 Å². The van der Waals surface area contributed by atoms with Crippen LogP contribution in [0.15, 0.2) is 30.3 Å². The van der Waals surface area contributed by atoms with Crippen LogP contribution in [0.5, 0.6) is 5.88 Å². The second-order valence-corrected chi connectivity index (χ2v) is 4.20. The number of aryl methyl sites for hydroxylation is 1. The third-order valence-electron chi connectivity index (χ3n) is 2.59. The molecule has 0 aliphatic carbocycles. The fourth-order valence-corrected chi connectivity index (χ4v) is 1.86. The number of ether oxygens (including phenoxy) is 1. The minimum atomic E-state index is 0.361. The molecule has 3 nitrogen and oxygen atoms in total. The van der Waals surface area contributed by atoms with Crippen molar-refractivity contribution in [1.29, 1.82) is 0 Å². The molecule has 4 heteroatoms. The van der Waals surface area contributed by atoms with Crippen LogP contribution in [0.3, 0.4) is 0 Å². The number of halogens is 1. The maximum Gasteiger partial charge on any atom is 0.252 e. The summed E-state index contributed by atoms with van der Waals surface area (Å²) < 4.78 is 4.97. The Kier molecular flexibility index (Phi) is 3.59. The molecule has 0 saturated carbocycles. The van der Waals surface area contributed by atoms with Crippen molar-refractivity contribution in [2.75, 3.05) is 7.11 Å². The first-order valence-electron chi connectivity index (χ1n) is 5.31. The Morgan fingerprint density at radius 3 is 2.65 bits per heavy atom. The maximum absolute atomic E-state index is 6.01. The second-order valence-electron chi connectivity index (χ2n) is 3.80.